The summed E-state index contributed by atoms with van der Waals surface area (Å²) in [7, 11) is 0. The summed E-state index contributed by atoms with van der Waals surface area (Å²) >= 11 is 5.76. The zero-order valence-electron chi connectivity index (χ0n) is 10.4. The Kier molecular flexibility index (Phi) is 3.87. The number of hydrogen-bond donors (Lipinski definition) is 1. The van der Waals surface area contributed by atoms with Gasteiger partial charge in [-0.3, -0.25) is 0 Å². The first-order chi connectivity index (χ1) is 8.58. The molecular formula is C15H15ClFN. The molecule has 94 valence electrons. The lowest BCUT2D eigenvalue weighted by molar-refractivity contribution is 0.628. The van der Waals surface area contributed by atoms with Crippen molar-refractivity contribution < 1.29 is 4.39 Å². The molecule has 0 amide bonds. The van der Waals surface area contributed by atoms with Gasteiger partial charge in [-0.05, 0) is 43.2 Å². The minimum absolute atomic E-state index is 0.136. The van der Waals surface area contributed by atoms with E-state index in [4.69, 9.17) is 11.6 Å². The van der Waals surface area contributed by atoms with Crippen molar-refractivity contribution in [3.05, 3.63) is 64.4 Å². The van der Waals surface area contributed by atoms with Crippen LogP contribution in [0, 0.1) is 12.7 Å². The maximum atomic E-state index is 13.1. The zero-order valence-corrected chi connectivity index (χ0v) is 11.1. The molecule has 0 saturated heterocycles. The lowest BCUT2D eigenvalue weighted by atomic mass is 10.0. The van der Waals surface area contributed by atoms with Crippen molar-refractivity contribution in [1.82, 2.24) is 0 Å². The molecule has 3 heteroatoms. The molecule has 0 heterocycles. The van der Waals surface area contributed by atoms with Crippen molar-refractivity contribution in [3.63, 3.8) is 0 Å². The number of nitrogens with one attached hydrogen (secondary N) is 1. The smallest absolute Gasteiger partial charge is 0.141 e. The van der Waals surface area contributed by atoms with E-state index in [1.807, 2.05) is 12.1 Å². The molecule has 18 heavy (non-hydrogen) atoms. The number of aryl methyl sites for hydroxylation is 1. The van der Waals surface area contributed by atoms with Crippen molar-refractivity contribution in [1.29, 1.82) is 0 Å². The van der Waals surface area contributed by atoms with Crippen LogP contribution in [-0.2, 0) is 0 Å². The Morgan fingerprint density at radius 1 is 1.17 bits per heavy atom. The van der Waals surface area contributed by atoms with Gasteiger partial charge < -0.3 is 5.32 Å². The first-order valence-electron chi connectivity index (χ1n) is 5.85. The molecule has 0 fully saturated rings. The van der Waals surface area contributed by atoms with Gasteiger partial charge in [0.05, 0.1) is 5.02 Å². The molecule has 0 aliphatic carbocycles. The summed E-state index contributed by atoms with van der Waals surface area (Å²) in [4.78, 5) is 0. The van der Waals surface area contributed by atoms with Crippen LogP contribution in [0.15, 0.2) is 42.5 Å². The fraction of sp³-hybridized carbons (Fsp3) is 0.200. The second-order valence-corrected chi connectivity index (χ2v) is 4.76. The van der Waals surface area contributed by atoms with E-state index in [2.05, 4.69) is 31.3 Å². The largest absolute Gasteiger partial charge is 0.378 e. The molecule has 1 nitrogen and oxygen atoms in total. The van der Waals surface area contributed by atoms with E-state index in [1.165, 1.54) is 17.2 Å². The molecule has 2 rings (SSSR count). The van der Waals surface area contributed by atoms with Gasteiger partial charge in [0.25, 0.3) is 0 Å². The summed E-state index contributed by atoms with van der Waals surface area (Å²) in [6, 6.07) is 13.0. The quantitative estimate of drug-likeness (QED) is 0.825. The van der Waals surface area contributed by atoms with Crippen LogP contribution in [0.1, 0.15) is 24.1 Å². The van der Waals surface area contributed by atoms with E-state index in [0.29, 0.717) is 0 Å². The highest BCUT2D eigenvalue weighted by Crippen LogP contribution is 2.25. The molecule has 0 spiro atoms. The number of anilines is 1. The van der Waals surface area contributed by atoms with Crippen LogP contribution in [0.25, 0.3) is 0 Å². The maximum Gasteiger partial charge on any atom is 0.141 e. The molecule has 1 unspecified atom stereocenters. The van der Waals surface area contributed by atoms with Crippen LogP contribution < -0.4 is 5.32 Å². The third kappa shape index (κ3) is 2.82. The highest BCUT2D eigenvalue weighted by molar-refractivity contribution is 6.31. The zero-order chi connectivity index (χ0) is 13.1. The molecule has 0 aromatic heterocycles. The molecule has 0 aliphatic heterocycles. The van der Waals surface area contributed by atoms with E-state index < -0.39 is 5.82 Å². The lowest BCUT2D eigenvalue weighted by Crippen LogP contribution is -2.08. The highest BCUT2D eigenvalue weighted by Gasteiger charge is 2.08. The van der Waals surface area contributed by atoms with E-state index in [1.54, 1.807) is 12.1 Å². The number of rotatable bonds is 3. The van der Waals surface area contributed by atoms with Crippen molar-refractivity contribution in [2.45, 2.75) is 19.9 Å². The first-order valence-corrected chi connectivity index (χ1v) is 6.23. The fourth-order valence-corrected chi connectivity index (χ4v) is 2.17. The predicted molar refractivity (Wildman–Crippen MR) is 74.6 cm³/mol. The highest BCUT2D eigenvalue weighted by atomic mass is 35.5. The molecular weight excluding hydrogens is 249 g/mol. The average molecular weight is 264 g/mol. The average Bonchev–Trinajstić information content (AvgIpc) is 2.34. The van der Waals surface area contributed by atoms with Crippen molar-refractivity contribution in [3.8, 4) is 0 Å². The summed E-state index contributed by atoms with van der Waals surface area (Å²) in [5.41, 5.74) is 3.26. The minimum atomic E-state index is -0.397. The van der Waals surface area contributed by atoms with Gasteiger partial charge in [-0.2, -0.15) is 0 Å². The van der Waals surface area contributed by atoms with Crippen LogP contribution in [0.4, 0.5) is 10.1 Å². The molecule has 1 atom stereocenters. The molecule has 0 aliphatic rings. The molecule has 2 aromatic carbocycles. The van der Waals surface area contributed by atoms with Gasteiger partial charge in [-0.1, -0.05) is 35.9 Å². The Morgan fingerprint density at radius 3 is 2.56 bits per heavy atom. The normalized spacial score (nSPS) is 12.2. The van der Waals surface area contributed by atoms with Crippen molar-refractivity contribution in [2.75, 3.05) is 5.32 Å². The number of benzene rings is 2. The topological polar surface area (TPSA) is 12.0 Å². The Labute approximate surface area is 112 Å². The Morgan fingerprint density at radius 2 is 1.89 bits per heavy atom. The van der Waals surface area contributed by atoms with Gasteiger partial charge in [0, 0.05) is 11.7 Å². The third-order valence-electron chi connectivity index (χ3n) is 2.96. The summed E-state index contributed by atoms with van der Waals surface area (Å²) in [5.74, 6) is -0.397. The SMILES string of the molecule is Cc1ccccc1C(C)Nc1ccc(F)c(Cl)c1. The first kappa shape index (κ1) is 12.9. The van der Waals surface area contributed by atoms with Crippen molar-refractivity contribution >= 4 is 17.3 Å². The van der Waals surface area contributed by atoms with Crippen LogP contribution in [0.2, 0.25) is 5.02 Å². The van der Waals surface area contributed by atoms with Crippen LogP contribution in [0.3, 0.4) is 0 Å². The van der Waals surface area contributed by atoms with E-state index in [9.17, 15) is 4.39 Å². The van der Waals surface area contributed by atoms with E-state index >= 15 is 0 Å². The second kappa shape index (κ2) is 5.40. The molecule has 2 aromatic rings. The number of halogens is 2. The maximum absolute atomic E-state index is 13.1. The van der Waals surface area contributed by atoms with E-state index in [-0.39, 0.29) is 11.1 Å². The van der Waals surface area contributed by atoms with Gasteiger partial charge in [0.2, 0.25) is 0 Å². The Bertz CT molecular complexity index is 554. The van der Waals surface area contributed by atoms with Gasteiger partial charge in [0.1, 0.15) is 5.82 Å². The molecule has 0 saturated carbocycles. The summed E-state index contributed by atoms with van der Waals surface area (Å²) in [6.45, 7) is 4.14. The lowest BCUT2D eigenvalue weighted by Gasteiger charge is -2.18. The van der Waals surface area contributed by atoms with Crippen LogP contribution in [0.5, 0.6) is 0 Å². The minimum Gasteiger partial charge on any atom is -0.378 e. The van der Waals surface area contributed by atoms with Gasteiger partial charge >= 0.3 is 0 Å². The van der Waals surface area contributed by atoms with Crippen LogP contribution >= 0.6 is 11.6 Å². The predicted octanol–water partition coefficient (Wildman–Crippen LogP) is 4.96. The molecule has 1 N–H and O–H groups in total. The molecule has 0 bridgehead atoms. The van der Waals surface area contributed by atoms with E-state index in [0.717, 1.165) is 5.69 Å². The third-order valence-corrected chi connectivity index (χ3v) is 3.25. The van der Waals surface area contributed by atoms with Crippen LogP contribution in [-0.4, -0.2) is 0 Å². The van der Waals surface area contributed by atoms with Gasteiger partial charge in [-0.15, -0.1) is 0 Å². The van der Waals surface area contributed by atoms with Gasteiger partial charge in [0.15, 0.2) is 0 Å². The fourth-order valence-electron chi connectivity index (χ4n) is 1.99. The second-order valence-electron chi connectivity index (χ2n) is 4.35. The van der Waals surface area contributed by atoms with Gasteiger partial charge in [-0.25, -0.2) is 4.39 Å². The standard InChI is InChI=1S/C15H15ClFN/c1-10-5-3-4-6-13(10)11(2)18-12-7-8-15(17)14(16)9-12/h3-9,11,18H,1-2H3. The number of hydrogen-bond acceptors (Lipinski definition) is 1. The van der Waals surface area contributed by atoms with Crippen molar-refractivity contribution in [2.24, 2.45) is 0 Å². The summed E-state index contributed by atoms with van der Waals surface area (Å²) in [6.07, 6.45) is 0. The monoisotopic (exact) mass is 263 g/mol. The summed E-state index contributed by atoms with van der Waals surface area (Å²) in [5, 5.41) is 3.45. The Hall–Kier alpha value is -1.54. The summed E-state index contributed by atoms with van der Waals surface area (Å²) < 4.78 is 13.1. The Balaban J connectivity index is 2.19. The molecule has 0 radical (unpaired) electrons.